The molecular weight excluding hydrogens is 416 g/mol. The molecule has 0 saturated heterocycles. The summed E-state index contributed by atoms with van der Waals surface area (Å²) in [5, 5.41) is 8.61. The van der Waals surface area contributed by atoms with E-state index in [9.17, 15) is 4.79 Å². The van der Waals surface area contributed by atoms with Crippen LogP contribution in [0.3, 0.4) is 0 Å². The van der Waals surface area contributed by atoms with Crippen molar-refractivity contribution in [3.63, 3.8) is 0 Å². The lowest BCUT2D eigenvalue weighted by Gasteiger charge is -2.03. The van der Waals surface area contributed by atoms with E-state index in [1.54, 1.807) is 0 Å². The Morgan fingerprint density at radius 2 is 0.706 bits per heavy atom. The van der Waals surface area contributed by atoms with Gasteiger partial charge in [-0.25, -0.2) is 0 Å². The van der Waals surface area contributed by atoms with Gasteiger partial charge in [-0.2, -0.15) is 0 Å². The summed E-state index contributed by atoms with van der Waals surface area (Å²) in [6.45, 7) is 2.29. The first-order valence-electron chi connectivity index (χ1n) is 15.6. The van der Waals surface area contributed by atoms with E-state index >= 15 is 0 Å². The Labute approximate surface area is 214 Å². The van der Waals surface area contributed by atoms with Crippen LogP contribution in [0.4, 0.5) is 0 Å². The quantitative estimate of drug-likeness (QED) is 0.0857. The lowest BCUT2D eigenvalue weighted by Crippen LogP contribution is -1.93. The third-order valence-electron chi connectivity index (χ3n) is 7.15. The van der Waals surface area contributed by atoms with Gasteiger partial charge in [-0.05, 0) is 32.1 Å². The largest absolute Gasteiger partial charge is 0.481 e. The third kappa shape index (κ3) is 31.2. The Morgan fingerprint density at radius 1 is 0.441 bits per heavy atom. The Bertz CT molecular complexity index is 415. The van der Waals surface area contributed by atoms with Gasteiger partial charge in [0.15, 0.2) is 0 Å². The molecule has 0 aromatic carbocycles. The van der Waals surface area contributed by atoms with E-state index in [1.807, 2.05) is 0 Å². The van der Waals surface area contributed by atoms with Crippen LogP contribution in [-0.2, 0) is 4.79 Å². The highest BCUT2D eigenvalue weighted by Gasteiger charge is 1.97. The molecule has 0 bridgehead atoms. The first-order valence-corrected chi connectivity index (χ1v) is 15.6. The van der Waals surface area contributed by atoms with E-state index in [0.717, 1.165) is 12.8 Å². The van der Waals surface area contributed by atoms with Gasteiger partial charge in [-0.3, -0.25) is 4.79 Å². The summed E-state index contributed by atoms with van der Waals surface area (Å²) in [5.74, 6) is -0.652. The Kier molecular flexibility index (Phi) is 29.5. The normalized spacial score (nSPS) is 11.6. The van der Waals surface area contributed by atoms with Crippen molar-refractivity contribution < 1.29 is 9.90 Å². The average molecular weight is 479 g/mol. The SMILES string of the molecule is CCCCCCCCCCCCCCCC=CCCCCCCCCCCCCCCC(=O)O. The molecule has 0 rings (SSSR count). The number of aliphatic carboxylic acids is 1. The molecule has 2 nitrogen and oxygen atoms in total. The van der Waals surface area contributed by atoms with Crippen LogP contribution in [0.1, 0.15) is 187 Å². The fourth-order valence-corrected chi connectivity index (χ4v) is 4.82. The van der Waals surface area contributed by atoms with E-state index < -0.39 is 5.97 Å². The fourth-order valence-electron chi connectivity index (χ4n) is 4.82. The lowest BCUT2D eigenvalue weighted by molar-refractivity contribution is -0.137. The molecule has 202 valence electrons. The van der Waals surface area contributed by atoms with Gasteiger partial charge >= 0.3 is 5.97 Å². The van der Waals surface area contributed by atoms with Gasteiger partial charge in [-0.1, -0.05) is 160 Å². The van der Waals surface area contributed by atoms with Crippen LogP contribution in [0.25, 0.3) is 0 Å². The van der Waals surface area contributed by atoms with Gasteiger partial charge in [0, 0.05) is 6.42 Å². The van der Waals surface area contributed by atoms with Gasteiger partial charge in [0.05, 0.1) is 0 Å². The van der Waals surface area contributed by atoms with Crippen LogP contribution in [0.15, 0.2) is 12.2 Å². The number of carboxylic acid groups (broad SMARTS) is 1. The van der Waals surface area contributed by atoms with Crippen molar-refractivity contribution >= 4 is 5.97 Å². The van der Waals surface area contributed by atoms with Crippen LogP contribution in [0.2, 0.25) is 0 Å². The van der Waals surface area contributed by atoms with Gasteiger partial charge in [0.25, 0.3) is 0 Å². The number of unbranched alkanes of at least 4 members (excludes halogenated alkanes) is 25. The zero-order valence-electron chi connectivity index (χ0n) is 23.3. The molecule has 0 unspecified atom stereocenters. The minimum absolute atomic E-state index is 0.343. The van der Waals surface area contributed by atoms with Gasteiger partial charge in [0.2, 0.25) is 0 Å². The highest BCUT2D eigenvalue weighted by atomic mass is 16.4. The second-order valence-corrected chi connectivity index (χ2v) is 10.7. The average Bonchev–Trinajstić information content (AvgIpc) is 2.83. The van der Waals surface area contributed by atoms with Crippen molar-refractivity contribution in [3.8, 4) is 0 Å². The van der Waals surface area contributed by atoms with Crippen LogP contribution in [0.5, 0.6) is 0 Å². The zero-order chi connectivity index (χ0) is 24.8. The minimum Gasteiger partial charge on any atom is -0.481 e. The molecule has 1 N–H and O–H groups in total. The van der Waals surface area contributed by atoms with Gasteiger partial charge in [0.1, 0.15) is 0 Å². The van der Waals surface area contributed by atoms with Crippen molar-refractivity contribution in [2.75, 3.05) is 0 Å². The van der Waals surface area contributed by atoms with E-state index in [1.165, 1.54) is 161 Å². The molecule has 34 heavy (non-hydrogen) atoms. The van der Waals surface area contributed by atoms with E-state index in [0.29, 0.717) is 6.42 Å². The standard InChI is InChI=1S/C32H62O2/c1-2-3-4-5-6-7-8-9-10-11-12-13-14-15-16-17-18-19-20-21-22-23-24-25-26-27-28-29-30-31-32(33)34/h16-17H,2-15,18-31H2,1H3,(H,33,34). The topological polar surface area (TPSA) is 37.3 Å². The molecule has 0 heterocycles. The lowest BCUT2D eigenvalue weighted by atomic mass is 10.0. The van der Waals surface area contributed by atoms with E-state index in [4.69, 9.17) is 5.11 Å². The molecule has 0 fully saturated rings. The Balaban J connectivity index is 3.08. The number of rotatable bonds is 29. The first-order chi connectivity index (χ1) is 16.8. The molecule has 0 amide bonds. The van der Waals surface area contributed by atoms with Crippen LogP contribution >= 0.6 is 0 Å². The van der Waals surface area contributed by atoms with Crippen molar-refractivity contribution in [2.24, 2.45) is 0 Å². The number of allylic oxidation sites excluding steroid dienone is 2. The van der Waals surface area contributed by atoms with Crippen molar-refractivity contribution in [1.29, 1.82) is 0 Å². The Morgan fingerprint density at radius 3 is 1.00 bits per heavy atom. The molecule has 0 atom stereocenters. The molecule has 0 aromatic rings. The number of hydrogen-bond acceptors (Lipinski definition) is 1. The molecule has 0 aliphatic rings. The van der Waals surface area contributed by atoms with Crippen molar-refractivity contribution in [2.45, 2.75) is 187 Å². The Hall–Kier alpha value is -0.790. The second kappa shape index (κ2) is 30.2. The predicted molar refractivity (Wildman–Crippen MR) is 152 cm³/mol. The molecule has 0 saturated carbocycles. The minimum atomic E-state index is -0.652. The molecule has 0 aliphatic carbocycles. The molecule has 2 heteroatoms. The third-order valence-corrected chi connectivity index (χ3v) is 7.15. The second-order valence-electron chi connectivity index (χ2n) is 10.7. The van der Waals surface area contributed by atoms with Gasteiger partial charge < -0.3 is 5.11 Å². The number of carbonyl (C=O) groups is 1. The van der Waals surface area contributed by atoms with Crippen molar-refractivity contribution in [1.82, 2.24) is 0 Å². The van der Waals surface area contributed by atoms with Crippen molar-refractivity contribution in [3.05, 3.63) is 12.2 Å². The molecular formula is C32H62O2. The molecule has 0 aliphatic heterocycles. The van der Waals surface area contributed by atoms with Crippen LogP contribution < -0.4 is 0 Å². The maximum Gasteiger partial charge on any atom is 0.303 e. The summed E-state index contributed by atoms with van der Waals surface area (Å²) in [4.78, 5) is 10.4. The molecule has 0 radical (unpaired) electrons. The number of hydrogen-bond donors (Lipinski definition) is 1. The smallest absolute Gasteiger partial charge is 0.303 e. The maximum absolute atomic E-state index is 10.4. The highest BCUT2D eigenvalue weighted by Crippen LogP contribution is 2.14. The first kappa shape index (κ1) is 33.2. The monoisotopic (exact) mass is 478 g/mol. The molecule has 0 aromatic heterocycles. The summed E-state index contributed by atoms with van der Waals surface area (Å²) in [6.07, 6.45) is 42.0. The van der Waals surface area contributed by atoms with Crippen LogP contribution in [0, 0.1) is 0 Å². The number of carboxylic acids is 1. The predicted octanol–water partition coefficient (Wildman–Crippen LogP) is 11.6. The summed E-state index contributed by atoms with van der Waals surface area (Å²) in [6, 6.07) is 0. The maximum atomic E-state index is 10.4. The zero-order valence-corrected chi connectivity index (χ0v) is 23.3. The van der Waals surface area contributed by atoms with E-state index in [2.05, 4.69) is 19.1 Å². The molecule has 0 spiro atoms. The summed E-state index contributed by atoms with van der Waals surface area (Å²) >= 11 is 0. The highest BCUT2D eigenvalue weighted by molar-refractivity contribution is 5.66. The summed E-state index contributed by atoms with van der Waals surface area (Å²) in [7, 11) is 0. The summed E-state index contributed by atoms with van der Waals surface area (Å²) < 4.78 is 0. The van der Waals surface area contributed by atoms with E-state index in [-0.39, 0.29) is 0 Å². The summed E-state index contributed by atoms with van der Waals surface area (Å²) in [5.41, 5.74) is 0. The van der Waals surface area contributed by atoms with Crippen LogP contribution in [-0.4, -0.2) is 11.1 Å². The fraction of sp³-hybridized carbons (Fsp3) is 0.906. The van der Waals surface area contributed by atoms with Gasteiger partial charge in [-0.15, -0.1) is 0 Å².